The van der Waals surface area contributed by atoms with Crippen molar-refractivity contribution in [2.45, 2.75) is 25.7 Å². The Labute approximate surface area is 162 Å². The van der Waals surface area contributed by atoms with Gasteiger partial charge in [0, 0.05) is 44.6 Å². The number of halogens is 3. The molecule has 1 N–H and O–H groups in total. The number of alkyl halides is 3. The summed E-state index contributed by atoms with van der Waals surface area (Å²) in [5, 5.41) is 3.41. The highest BCUT2D eigenvalue weighted by Crippen LogP contribution is 2.32. The average Bonchev–Trinajstić information content (AvgIpc) is 2.68. The van der Waals surface area contributed by atoms with Gasteiger partial charge in [0.25, 0.3) is 0 Å². The van der Waals surface area contributed by atoms with E-state index >= 15 is 0 Å². The number of pyridine rings is 1. The van der Waals surface area contributed by atoms with E-state index in [9.17, 15) is 13.2 Å². The summed E-state index contributed by atoms with van der Waals surface area (Å²) in [4.78, 5) is 6.42. The van der Waals surface area contributed by atoms with Crippen molar-refractivity contribution in [2.75, 3.05) is 32.8 Å². The van der Waals surface area contributed by atoms with Crippen LogP contribution in [-0.2, 0) is 6.54 Å². The molecule has 1 aromatic heterocycles. The first-order chi connectivity index (χ1) is 13.5. The van der Waals surface area contributed by atoms with E-state index in [1.165, 1.54) is 5.56 Å². The summed E-state index contributed by atoms with van der Waals surface area (Å²) < 4.78 is 47.8. The van der Waals surface area contributed by atoms with Crippen LogP contribution in [0.2, 0.25) is 0 Å². The Morgan fingerprint density at radius 3 is 2.64 bits per heavy atom. The number of rotatable bonds is 7. The fourth-order valence-corrected chi connectivity index (χ4v) is 3.28. The van der Waals surface area contributed by atoms with Crippen LogP contribution in [0.1, 0.15) is 24.1 Å². The zero-order valence-electron chi connectivity index (χ0n) is 15.7. The van der Waals surface area contributed by atoms with Crippen LogP contribution in [0.3, 0.4) is 0 Å². The standard InChI is InChI=1S/C20H24F3N3O2/c1-2-27-19-11-15(3-4-18(19)28-14-20(21,22)23)13-26-10-9-25-12-17(26)16-5-7-24-8-6-16/h3-8,11,17,25H,2,9-10,12-14H2,1H3. The fraction of sp³-hybridized carbons (Fsp3) is 0.450. The number of benzene rings is 1. The summed E-state index contributed by atoms with van der Waals surface area (Å²) in [5.41, 5.74) is 2.14. The monoisotopic (exact) mass is 395 g/mol. The Morgan fingerprint density at radius 2 is 1.93 bits per heavy atom. The van der Waals surface area contributed by atoms with Crippen LogP contribution in [0.5, 0.6) is 11.5 Å². The Balaban J connectivity index is 1.75. The predicted octanol–water partition coefficient (Wildman–Crippen LogP) is 3.57. The SMILES string of the molecule is CCOc1cc(CN2CCNCC2c2ccncc2)ccc1OCC(F)(F)F. The first-order valence-electron chi connectivity index (χ1n) is 9.26. The third-order valence-electron chi connectivity index (χ3n) is 4.53. The van der Waals surface area contributed by atoms with Gasteiger partial charge >= 0.3 is 6.18 Å². The van der Waals surface area contributed by atoms with E-state index in [4.69, 9.17) is 9.47 Å². The number of hydrogen-bond acceptors (Lipinski definition) is 5. The minimum atomic E-state index is -4.39. The lowest BCUT2D eigenvalue weighted by atomic mass is 10.0. The third-order valence-corrected chi connectivity index (χ3v) is 4.53. The number of nitrogens with zero attached hydrogens (tertiary/aromatic N) is 2. The molecule has 0 spiro atoms. The van der Waals surface area contributed by atoms with E-state index in [1.807, 2.05) is 12.1 Å². The second-order valence-electron chi connectivity index (χ2n) is 6.59. The Hall–Kier alpha value is -2.32. The molecule has 1 saturated heterocycles. The largest absolute Gasteiger partial charge is 0.490 e. The van der Waals surface area contributed by atoms with Gasteiger partial charge in [-0.3, -0.25) is 9.88 Å². The Morgan fingerprint density at radius 1 is 1.14 bits per heavy atom. The molecular formula is C20H24F3N3O2. The van der Waals surface area contributed by atoms with E-state index < -0.39 is 12.8 Å². The molecule has 0 bridgehead atoms. The molecule has 1 aromatic carbocycles. The molecular weight excluding hydrogens is 371 g/mol. The van der Waals surface area contributed by atoms with E-state index in [2.05, 4.69) is 15.2 Å². The van der Waals surface area contributed by atoms with Crippen LogP contribution in [0.4, 0.5) is 13.2 Å². The molecule has 1 aliphatic heterocycles. The summed E-state index contributed by atoms with van der Waals surface area (Å²) in [6.07, 6.45) is -0.828. The zero-order chi connectivity index (χ0) is 20.0. The van der Waals surface area contributed by atoms with Gasteiger partial charge < -0.3 is 14.8 Å². The van der Waals surface area contributed by atoms with Crippen LogP contribution < -0.4 is 14.8 Å². The lowest BCUT2D eigenvalue weighted by molar-refractivity contribution is -0.153. The highest BCUT2D eigenvalue weighted by atomic mass is 19.4. The molecule has 2 aromatic rings. The van der Waals surface area contributed by atoms with Crippen LogP contribution >= 0.6 is 0 Å². The molecule has 0 radical (unpaired) electrons. The van der Waals surface area contributed by atoms with Gasteiger partial charge in [-0.1, -0.05) is 6.07 Å². The quantitative estimate of drug-likeness (QED) is 0.777. The summed E-state index contributed by atoms with van der Waals surface area (Å²) in [6.45, 7) is 4.03. The van der Waals surface area contributed by atoms with E-state index in [0.29, 0.717) is 18.9 Å². The fourth-order valence-electron chi connectivity index (χ4n) is 3.28. The van der Waals surface area contributed by atoms with Crippen molar-refractivity contribution in [3.63, 3.8) is 0 Å². The Kier molecular flexibility index (Phi) is 6.74. The van der Waals surface area contributed by atoms with Crippen molar-refractivity contribution in [1.29, 1.82) is 0 Å². The second kappa shape index (κ2) is 9.25. The van der Waals surface area contributed by atoms with E-state index in [1.54, 1.807) is 37.5 Å². The average molecular weight is 395 g/mol. The number of ether oxygens (including phenoxy) is 2. The van der Waals surface area contributed by atoms with Crippen LogP contribution in [0.15, 0.2) is 42.7 Å². The van der Waals surface area contributed by atoms with Crippen molar-refractivity contribution in [2.24, 2.45) is 0 Å². The molecule has 5 nitrogen and oxygen atoms in total. The zero-order valence-corrected chi connectivity index (χ0v) is 15.7. The molecule has 1 unspecified atom stereocenters. The number of hydrogen-bond donors (Lipinski definition) is 1. The number of aromatic nitrogens is 1. The number of nitrogens with one attached hydrogen (secondary N) is 1. The van der Waals surface area contributed by atoms with Crippen molar-refractivity contribution in [1.82, 2.24) is 15.2 Å². The topological polar surface area (TPSA) is 46.6 Å². The highest BCUT2D eigenvalue weighted by Gasteiger charge is 2.29. The third kappa shape index (κ3) is 5.59. The summed E-state index contributed by atoms with van der Waals surface area (Å²) in [7, 11) is 0. The van der Waals surface area contributed by atoms with Gasteiger partial charge in [-0.25, -0.2) is 0 Å². The highest BCUT2D eigenvalue weighted by molar-refractivity contribution is 5.43. The van der Waals surface area contributed by atoms with Gasteiger partial charge in [0.2, 0.25) is 0 Å². The van der Waals surface area contributed by atoms with E-state index in [-0.39, 0.29) is 11.8 Å². The van der Waals surface area contributed by atoms with Gasteiger partial charge in [0.1, 0.15) is 0 Å². The molecule has 152 valence electrons. The van der Waals surface area contributed by atoms with Crippen LogP contribution in [-0.4, -0.2) is 48.9 Å². The molecule has 1 fully saturated rings. The lowest BCUT2D eigenvalue weighted by Crippen LogP contribution is -2.45. The van der Waals surface area contributed by atoms with Crippen molar-refractivity contribution in [3.8, 4) is 11.5 Å². The maximum Gasteiger partial charge on any atom is 0.422 e. The normalized spacial score (nSPS) is 18.1. The molecule has 0 amide bonds. The Bertz CT molecular complexity index is 756. The molecule has 8 heteroatoms. The predicted molar refractivity (Wildman–Crippen MR) is 99.4 cm³/mol. The van der Waals surface area contributed by atoms with Gasteiger partial charge in [-0.2, -0.15) is 13.2 Å². The van der Waals surface area contributed by atoms with Crippen LogP contribution in [0, 0.1) is 0 Å². The van der Waals surface area contributed by atoms with Gasteiger partial charge in [-0.15, -0.1) is 0 Å². The first-order valence-corrected chi connectivity index (χ1v) is 9.26. The summed E-state index contributed by atoms with van der Waals surface area (Å²) >= 11 is 0. The minimum Gasteiger partial charge on any atom is -0.490 e. The first kappa shape index (κ1) is 20.4. The minimum absolute atomic E-state index is 0.105. The van der Waals surface area contributed by atoms with Crippen molar-refractivity contribution in [3.05, 3.63) is 53.9 Å². The van der Waals surface area contributed by atoms with Crippen LogP contribution in [0.25, 0.3) is 0 Å². The summed E-state index contributed by atoms with van der Waals surface area (Å²) in [5.74, 6) is 0.439. The van der Waals surface area contributed by atoms with E-state index in [0.717, 1.165) is 25.2 Å². The molecule has 3 rings (SSSR count). The van der Waals surface area contributed by atoms with Gasteiger partial charge in [-0.05, 0) is 42.3 Å². The number of piperazine rings is 1. The maximum absolute atomic E-state index is 12.5. The molecule has 1 atom stereocenters. The smallest absolute Gasteiger partial charge is 0.422 e. The van der Waals surface area contributed by atoms with Crippen molar-refractivity contribution < 1.29 is 22.6 Å². The lowest BCUT2D eigenvalue weighted by Gasteiger charge is -2.36. The molecule has 2 heterocycles. The van der Waals surface area contributed by atoms with Gasteiger partial charge in [0.15, 0.2) is 18.1 Å². The molecule has 1 aliphatic rings. The molecule has 0 saturated carbocycles. The molecule has 0 aliphatic carbocycles. The second-order valence-corrected chi connectivity index (χ2v) is 6.59. The van der Waals surface area contributed by atoms with Crippen molar-refractivity contribution >= 4 is 0 Å². The maximum atomic E-state index is 12.5. The van der Waals surface area contributed by atoms with Gasteiger partial charge in [0.05, 0.1) is 6.61 Å². The molecule has 28 heavy (non-hydrogen) atoms. The summed E-state index contributed by atoms with van der Waals surface area (Å²) in [6, 6.07) is 9.32.